The van der Waals surface area contributed by atoms with Crippen LogP contribution in [0.3, 0.4) is 0 Å². The predicted molar refractivity (Wildman–Crippen MR) is 45.3 cm³/mol. The highest BCUT2D eigenvalue weighted by molar-refractivity contribution is 6.19. The molecule has 72 valence electrons. The maximum atomic E-state index is 11.1. The van der Waals surface area contributed by atoms with Crippen molar-refractivity contribution in [2.75, 3.05) is 5.88 Å². The smallest absolute Gasteiger partial charge is 0.327 e. The summed E-state index contributed by atoms with van der Waals surface area (Å²) in [7, 11) is 0. The number of esters is 1. The minimum Gasteiger partial charge on any atom is -0.459 e. The maximum absolute atomic E-state index is 11.1. The summed E-state index contributed by atoms with van der Waals surface area (Å²) in [5.41, 5.74) is 1.21. The Kier molecular flexibility index (Phi) is 4.52. The standard InChI is InChI=1S/C7H14ClNO3/c1-7(2,3)12-6(10)5(4-8)9-11/h5,9,11H,4H2,1-3H3/t5-/m1/s1. The van der Waals surface area contributed by atoms with Crippen LogP contribution >= 0.6 is 11.6 Å². The summed E-state index contributed by atoms with van der Waals surface area (Å²) in [6, 6.07) is -0.856. The second kappa shape index (κ2) is 4.64. The van der Waals surface area contributed by atoms with Gasteiger partial charge in [-0.05, 0) is 20.8 Å². The molecule has 0 spiro atoms. The molecule has 0 aliphatic carbocycles. The molecule has 0 unspecified atom stereocenters. The molecule has 0 bridgehead atoms. The van der Waals surface area contributed by atoms with Gasteiger partial charge < -0.3 is 9.94 Å². The molecule has 0 saturated carbocycles. The lowest BCUT2D eigenvalue weighted by molar-refractivity contribution is -0.159. The van der Waals surface area contributed by atoms with Crippen molar-refractivity contribution in [1.82, 2.24) is 5.48 Å². The van der Waals surface area contributed by atoms with Gasteiger partial charge in [-0.3, -0.25) is 4.79 Å². The Morgan fingerprint density at radius 1 is 1.67 bits per heavy atom. The maximum Gasteiger partial charge on any atom is 0.327 e. The van der Waals surface area contributed by atoms with Gasteiger partial charge in [0.2, 0.25) is 0 Å². The Labute approximate surface area is 76.8 Å². The van der Waals surface area contributed by atoms with Gasteiger partial charge in [0.25, 0.3) is 0 Å². The number of carbonyl (C=O) groups is 1. The molecule has 0 fully saturated rings. The van der Waals surface area contributed by atoms with Crippen molar-refractivity contribution in [2.45, 2.75) is 32.4 Å². The summed E-state index contributed by atoms with van der Waals surface area (Å²) in [4.78, 5) is 11.1. The second-order valence-corrected chi connectivity index (χ2v) is 3.68. The number of nitrogens with one attached hydrogen (secondary N) is 1. The van der Waals surface area contributed by atoms with Gasteiger partial charge in [0.15, 0.2) is 0 Å². The first-order valence-corrected chi connectivity index (χ1v) is 4.12. The van der Waals surface area contributed by atoms with Gasteiger partial charge in [0, 0.05) is 0 Å². The third-order valence-electron chi connectivity index (χ3n) is 1.00. The average molecular weight is 196 g/mol. The molecule has 0 aliphatic rings. The number of carbonyl (C=O) groups excluding carboxylic acids is 1. The second-order valence-electron chi connectivity index (χ2n) is 3.37. The van der Waals surface area contributed by atoms with E-state index in [4.69, 9.17) is 21.5 Å². The summed E-state index contributed by atoms with van der Waals surface area (Å²) < 4.78 is 4.94. The summed E-state index contributed by atoms with van der Waals surface area (Å²) in [5.74, 6) is -0.578. The van der Waals surface area contributed by atoms with Crippen LogP contribution in [0.2, 0.25) is 0 Å². The fourth-order valence-electron chi connectivity index (χ4n) is 0.523. The topological polar surface area (TPSA) is 58.6 Å². The zero-order valence-corrected chi connectivity index (χ0v) is 8.18. The van der Waals surface area contributed by atoms with Crippen LogP contribution in [0.25, 0.3) is 0 Å². The third-order valence-corrected chi connectivity index (χ3v) is 1.31. The van der Waals surface area contributed by atoms with E-state index in [1.807, 2.05) is 0 Å². The van der Waals surface area contributed by atoms with Crippen molar-refractivity contribution in [3.63, 3.8) is 0 Å². The highest BCUT2D eigenvalue weighted by Crippen LogP contribution is 2.08. The molecule has 0 radical (unpaired) electrons. The van der Waals surface area contributed by atoms with Crippen LogP contribution in [-0.4, -0.2) is 28.7 Å². The minimum atomic E-state index is -0.856. The Balaban J connectivity index is 4.02. The summed E-state index contributed by atoms with van der Waals surface area (Å²) in [6.45, 7) is 5.23. The fourth-order valence-corrected chi connectivity index (χ4v) is 0.718. The number of halogens is 1. The van der Waals surface area contributed by atoms with Gasteiger partial charge in [-0.15, -0.1) is 11.6 Å². The van der Waals surface area contributed by atoms with Crippen molar-refractivity contribution < 1.29 is 14.7 Å². The monoisotopic (exact) mass is 195 g/mol. The number of ether oxygens (including phenoxy) is 1. The summed E-state index contributed by atoms with van der Waals surface area (Å²) in [5, 5.41) is 8.46. The molecule has 12 heavy (non-hydrogen) atoms. The van der Waals surface area contributed by atoms with Crippen LogP contribution in [0.4, 0.5) is 0 Å². The molecule has 0 aromatic carbocycles. The fraction of sp³-hybridized carbons (Fsp3) is 0.857. The van der Waals surface area contributed by atoms with Crippen molar-refractivity contribution >= 4 is 17.6 Å². The number of hydroxylamine groups is 1. The third kappa shape index (κ3) is 4.54. The molecule has 0 heterocycles. The molecule has 5 heteroatoms. The highest BCUT2D eigenvalue weighted by atomic mass is 35.5. The molecule has 0 aliphatic heterocycles. The highest BCUT2D eigenvalue weighted by Gasteiger charge is 2.23. The Morgan fingerprint density at radius 2 is 2.17 bits per heavy atom. The van der Waals surface area contributed by atoms with E-state index in [9.17, 15) is 4.79 Å². The van der Waals surface area contributed by atoms with Gasteiger partial charge in [-0.2, -0.15) is 5.48 Å². The number of rotatable bonds is 3. The molecule has 0 aromatic rings. The van der Waals surface area contributed by atoms with Crippen molar-refractivity contribution in [2.24, 2.45) is 0 Å². The minimum absolute atomic E-state index is 0.0224. The molecule has 0 saturated heterocycles. The molecular formula is C7H14ClNO3. The van der Waals surface area contributed by atoms with Gasteiger partial charge in [0.1, 0.15) is 11.6 Å². The van der Waals surface area contributed by atoms with Crippen molar-refractivity contribution in [3.05, 3.63) is 0 Å². The number of hydrogen-bond acceptors (Lipinski definition) is 4. The van der Waals surface area contributed by atoms with Crippen LogP contribution in [0.15, 0.2) is 0 Å². The van der Waals surface area contributed by atoms with Gasteiger partial charge in [0.05, 0.1) is 5.88 Å². The number of hydrogen-bond donors (Lipinski definition) is 2. The molecule has 0 rings (SSSR count). The zero-order valence-electron chi connectivity index (χ0n) is 7.43. The number of alkyl halides is 1. The van der Waals surface area contributed by atoms with E-state index in [-0.39, 0.29) is 5.88 Å². The first-order chi connectivity index (χ1) is 5.40. The first kappa shape index (κ1) is 11.7. The average Bonchev–Trinajstić information content (AvgIpc) is 1.85. The van der Waals surface area contributed by atoms with Gasteiger partial charge in [-0.1, -0.05) is 0 Å². The van der Waals surface area contributed by atoms with Crippen LogP contribution < -0.4 is 5.48 Å². The Hall–Kier alpha value is -0.320. The van der Waals surface area contributed by atoms with Crippen LogP contribution in [0, 0.1) is 0 Å². The van der Waals surface area contributed by atoms with Crippen LogP contribution in [-0.2, 0) is 9.53 Å². The quantitative estimate of drug-likeness (QED) is 0.399. The summed E-state index contributed by atoms with van der Waals surface area (Å²) >= 11 is 5.37. The lowest BCUT2D eigenvalue weighted by atomic mass is 10.2. The Bertz CT molecular complexity index is 151. The molecule has 1 atom stereocenters. The van der Waals surface area contributed by atoms with Crippen LogP contribution in [0.5, 0.6) is 0 Å². The molecule has 0 aromatic heterocycles. The molecule has 2 N–H and O–H groups in total. The largest absolute Gasteiger partial charge is 0.459 e. The molecule has 4 nitrogen and oxygen atoms in total. The molecule has 0 amide bonds. The first-order valence-electron chi connectivity index (χ1n) is 3.59. The van der Waals surface area contributed by atoms with Gasteiger partial charge >= 0.3 is 5.97 Å². The zero-order chi connectivity index (χ0) is 9.78. The SMILES string of the molecule is CC(C)(C)OC(=O)[C@@H](CCl)NO. The van der Waals surface area contributed by atoms with Crippen LogP contribution in [0.1, 0.15) is 20.8 Å². The normalized spacial score (nSPS) is 14.1. The molecular weight excluding hydrogens is 182 g/mol. The summed E-state index contributed by atoms with van der Waals surface area (Å²) in [6.07, 6.45) is 0. The lowest BCUT2D eigenvalue weighted by Gasteiger charge is -2.22. The van der Waals surface area contributed by atoms with E-state index in [2.05, 4.69) is 0 Å². The van der Waals surface area contributed by atoms with E-state index >= 15 is 0 Å². The Morgan fingerprint density at radius 3 is 2.42 bits per heavy atom. The van der Waals surface area contributed by atoms with Crippen molar-refractivity contribution in [3.8, 4) is 0 Å². The van der Waals surface area contributed by atoms with E-state index in [1.165, 1.54) is 0 Å². The van der Waals surface area contributed by atoms with E-state index in [1.54, 1.807) is 26.3 Å². The van der Waals surface area contributed by atoms with E-state index in [0.717, 1.165) is 0 Å². The van der Waals surface area contributed by atoms with Crippen molar-refractivity contribution in [1.29, 1.82) is 0 Å². The predicted octanol–water partition coefficient (Wildman–Crippen LogP) is 0.914. The van der Waals surface area contributed by atoms with Gasteiger partial charge in [-0.25, -0.2) is 0 Å². The van der Waals surface area contributed by atoms with E-state index < -0.39 is 17.6 Å². The van der Waals surface area contributed by atoms with E-state index in [0.29, 0.717) is 0 Å². The lowest BCUT2D eigenvalue weighted by Crippen LogP contribution is -2.41.